The fraction of sp³-hybridized carbons (Fsp3) is 0.300. The molecule has 5 heteroatoms. The van der Waals surface area contributed by atoms with Crippen molar-refractivity contribution >= 4 is 23.2 Å². The van der Waals surface area contributed by atoms with E-state index in [1.54, 1.807) is 13.3 Å². The fourth-order valence-corrected chi connectivity index (χ4v) is 1.21. The van der Waals surface area contributed by atoms with Crippen LogP contribution in [0.5, 0.6) is 5.88 Å². The van der Waals surface area contributed by atoms with Crippen LogP contribution in [0.4, 0.5) is 0 Å². The van der Waals surface area contributed by atoms with Crippen molar-refractivity contribution in [3.8, 4) is 5.88 Å². The normalized spacial score (nSPS) is 11.5. The van der Waals surface area contributed by atoms with Crippen LogP contribution >= 0.6 is 23.2 Å². The molecule has 15 heavy (non-hydrogen) atoms. The Hall–Kier alpha value is -0.770. The highest BCUT2D eigenvalue weighted by molar-refractivity contribution is 6.36. The molecule has 82 valence electrons. The van der Waals surface area contributed by atoms with Gasteiger partial charge in [-0.3, -0.25) is 0 Å². The van der Waals surface area contributed by atoms with E-state index in [0.717, 1.165) is 5.56 Å². The molecule has 3 nitrogen and oxygen atoms in total. The zero-order valence-corrected chi connectivity index (χ0v) is 9.85. The van der Waals surface area contributed by atoms with Gasteiger partial charge in [-0.1, -0.05) is 23.2 Å². The van der Waals surface area contributed by atoms with Crippen LogP contribution in [-0.2, 0) is 6.54 Å². The Morgan fingerprint density at radius 1 is 1.67 bits per heavy atom. The maximum atomic E-state index is 5.72. The minimum Gasteiger partial charge on any atom is -0.481 e. The molecule has 0 bridgehead atoms. The summed E-state index contributed by atoms with van der Waals surface area (Å²) < 4.78 is 5.01. The Morgan fingerprint density at radius 3 is 3.13 bits per heavy atom. The SMILES string of the molecule is COc1cc(CNCC(Cl)=CCl)ccn1. The average molecular weight is 247 g/mol. The van der Waals surface area contributed by atoms with Gasteiger partial charge in [-0.05, 0) is 11.6 Å². The Morgan fingerprint density at radius 2 is 2.47 bits per heavy atom. The highest BCUT2D eigenvalue weighted by Gasteiger charge is 1.97. The smallest absolute Gasteiger partial charge is 0.213 e. The van der Waals surface area contributed by atoms with E-state index in [-0.39, 0.29) is 0 Å². The number of aromatic nitrogens is 1. The lowest BCUT2D eigenvalue weighted by atomic mass is 10.2. The number of nitrogens with zero attached hydrogens (tertiary/aromatic N) is 1. The van der Waals surface area contributed by atoms with Crippen LogP contribution < -0.4 is 10.1 Å². The Kier molecular flexibility index (Phi) is 5.47. The van der Waals surface area contributed by atoms with Crippen molar-refractivity contribution in [2.45, 2.75) is 6.54 Å². The molecule has 1 aromatic heterocycles. The summed E-state index contributed by atoms with van der Waals surface area (Å²) in [6.07, 6.45) is 1.70. The van der Waals surface area contributed by atoms with Gasteiger partial charge in [-0.25, -0.2) is 4.98 Å². The molecule has 0 atom stereocenters. The standard InChI is InChI=1S/C10H12Cl2N2O/c1-15-10-4-8(2-3-14-10)6-13-7-9(12)5-11/h2-5,13H,6-7H2,1H3. The first-order valence-electron chi connectivity index (χ1n) is 4.40. The van der Waals surface area contributed by atoms with Crippen molar-refractivity contribution in [2.24, 2.45) is 0 Å². The van der Waals surface area contributed by atoms with Crippen LogP contribution in [0.25, 0.3) is 0 Å². The van der Waals surface area contributed by atoms with E-state index < -0.39 is 0 Å². The molecule has 0 saturated heterocycles. The van der Waals surface area contributed by atoms with Crippen LogP contribution in [0.1, 0.15) is 5.56 Å². The van der Waals surface area contributed by atoms with Crippen LogP contribution in [0.3, 0.4) is 0 Å². The van der Waals surface area contributed by atoms with E-state index in [0.29, 0.717) is 24.0 Å². The van der Waals surface area contributed by atoms with Gasteiger partial charge >= 0.3 is 0 Å². The molecule has 0 aromatic carbocycles. The third kappa shape index (κ3) is 4.51. The Bertz CT molecular complexity index is 342. The summed E-state index contributed by atoms with van der Waals surface area (Å²) in [5.41, 5.74) is 2.43. The molecule has 1 N–H and O–H groups in total. The van der Waals surface area contributed by atoms with Gasteiger partial charge in [0.05, 0.1) is 7.11 Å². The van der Waals surface area contributed by atoms with E-state index in [9.17, 15) is 0 Å². The van der Waals surface area contributed by atoms with Crippen LogP contribution in [0, 0.1) is 0 Å². The first-order valence-corrected chi connectivity index (χ1v) is 5.22. The highest BCUT2D eigenvalue weighted by Crippen LogP contribution is 2.08. The molecule has 1 aromatic rings. The number of hydrogen-bond donors (Lipinski definition) is 1. The number of methoxy groups -OCH3 is 1. The van der Waals surface area contributed by atoms with Crippen molar-refractivity contribution in [2.75, 3.05) is 13.7 Å². The van der Waals surface area contributed by atoms with Crippen LogP contribution in [-0.4, -0.2) is 18.6 Å². The summed E-state index contributed by atoms with van der Waals surface area (Å²) in [6.45, 7) is 1.25. The lowest BCUT2D eigenvalue weighted by molar-refractivity contribution is 0.397. The molecule has 0 unspecified atom stereocenters. The predicted octanol–water partition coefficient (Wildman–Crippen LogP) is 2.50. The van der Waals surface area contributed by atoms with Crippen LogP contribution in [0.2, 0.25) is 0 Å². The molecule has 0 radical (unpaired) electrons. The maximum Gasteiger partial charge on any atom is 0.213 e. The third-order valence-electron chi connectivity index (χ3n) is 1.75. The van der Waals surface area contributed by atoms with Gasteiger partial charge in [0.1, 0.15) is 0 Å². The highest BCUT2D eigenvalue weighted by atomic mass is 35.5. The summed E-state index contributed by atoms with van der Waals surface area (Å²) in [4.78, 5) is 4.01. The van der Waals surface area contributed by atoms with Gasteiger partial charge in [0, 0.05) is 35.9 Å². The number of nitrogens with one attached hydrogen (secondary N) is 1. The topological polar surface area (TPSA) is 34.1 Å². The fourth-order valence-electron chi connectivity index (χ4n) is 1.04. The predicted molar refractivity (Wildman–Crippen MR) is 62.3 cm³/mol. The molecule has 0 amide bonds. The molecule has 0 aliphatic rings. The number of ether oxygens (including phenoxy) is 1. The largest absolute Gasteiger partial charge is 0.481 e. The first kappa shape index (κ1) is 12.3. The second-order valence-electron chi connectivity index (χ2n) is 2.87. The van der Waals surface area contributed by atoms with Crippen molar-refractivity contribution in [1.29, 1.82) is 0 Å². The summed E-state index contributed by atoms with van der Waals surface area (Å²) in [5.74, 6) is 0.605. The molecule has 0 saturated carbocycles. The molecule has 0 spiro atoms. The molecule has 1 heterocycles. The molecular formula is C10H12Cl2N2O. The van der Waals surface area contributed by atoms with Crippen molar-refractivity contribution in [3.05, 3.63) is 34.5 Å². The van der Waals surface area contributed by atoms with E-state index in [1.807, 2.05) is 12.1 Å². The number of hydrogen-bond acceptors (Lipinski definition) is 3. The minimum absolute atomic E-state index is 0.551. The minimum atomic E-state index is 0.551. The summed E-state index contributed by atoms with van der Waals surface area (Å²) >= 11 is 11.1. The van der Waals surface area contributed by atoms with Crippen molar-refractivity contribution in [1.82, 2.24) is 10.3 Å². The van der Waals surface area contributed by atoms with Gasteiger partial charge in [0.15, 0.2) is 0 Å². The number of rotatable bonds is 5. The second-order valence-corrected chi connectivity index (χ2v) is 3.57. The van der Waals surface area contributed by atoms with Gasteiger partial charge in [0.25, 0.3) is 0 Å². The third-order valence-corrected chi connectivity index (χ3v) is 2.37. The van der Waals surface area contributed by atoms with Crippen molar-refractivity contribution < 1.29 is 4.74 Å². The average Bonchev–Trinajstić information content (AvgIpc) is 2.29. The van der Waals surface area contributed by atoms with Crippen molar-refractivity contribution in [3.63, 3.8) is 0 Å². The van der Waals surface area contributed by atoms with E-state index >= 15 is 0 Å². The Labute approximate surface area is 99.1 Å². The molecule has 0 aliphatic heterocycles. The lowest BCUT2D eigenvalue weighted by Crippen LogP contribution is -2.14. The quantitative estimate of drug-likeness (QED) is 0.867. The van der Waals surface area contributed by atoms with Gasteiger partial charge in [-0.2, -0.15) is 0 Å². The molecular weight excluding hydrogens is 235 g/mol. The van der Waals surface area contributed by atoms with E-state index in [1.165, 1.54) is 5.54 Å². The Balaban J connectivity index is 2.43. The van der Waals surface area contributed by atoms with Gasteiger partial charge in [0.2, 0.25) is 5.88 Å². The lowest BCUT2D eigenvalue weighted by Gasteiger charge is -2.04. The summed E-state index contributed by atoms with van der Waals surface area (Å²) in [6, 6.07) is 3.78. The summed E-state index contributed by atoms with van der Waals surface area (Å²) in [7, 11) is 1.59. The van der Waals surface area contributed by atoms with E-state index in [4.69, 9.17) is 27.9 Å². The first-order chi connectivity index (χ1) is 7.26. The zero-order chi connectivity index (χ0) is 11.1. The molecule has 1 rings (SSSR count). The number of pyridine rings is 1. The zero-order valence-electron chi connectivity index (χ0n) is 8.34. The molecule has 0 aliphatic carbocycles. The maximum absolute atomic E-state index is 5.72. The van der Waals surface area contributed by atoms with E-state index in [2.05, 4.69) is 10.3 Å². The van der Waals surface area contributed by atoms with Gasteiger partial charge in [-0.15, -0.1) is 0 Å². The van der Waals surface area contributed by atoms with Crippen LogP contribution in [0.15, 0.2) is 28.9 Å². The monoisotopic (exact) mass is 246 g/mol. The molecule has 0 fully saturated rings. The van der Waals surface area contributed by atoms with Gasteiger partial charge < -0.3 is 10.1 Å². The second kappa shape index (κ2) is 6.67. The summed E-state index contributed by atoms with van der Waals surface area (Å²) in [5, 5.41) is 3.72. The number of halogens is 2.